The SMILES string of the molecule is CC(Cn1ccnc1)NCc1cc(Cl)ccc1[N+](=O)[O-]. The van der Waals surface area contributed by atoms with Crippen molar-refractivity contribution in [2.75, 3.05) is 0 Å². The highest BCUT2D eigenvalue weighted by Crippen LogP contribution is 2.22. The van der Waals surface area contributed by atoms with Crippen molar-refractivity contribution in [1.82, 2.24) is 14.9 Å². The molecule has 0 radical (unpaired) electrons. The van der Waals surface area contributed by atoms with Gasteiger partial charge in [-0.05, 0) is 19.1 Å². The summed E-state index contributed by atoms with van der Waals surface area (Å²) in [5.74, 6) is 0. The molecule has 0 saturated heterocycles. The van der Waals surface area contributed by atoms with Crippen LogP contribution in [-0.4, -0.2) is 20.5 Å². The van der Waals surface area contributed by atoms with E-state index in [9.17, 15) is 10.1 Å². The lowest BCUT2D eigenvalue weighted by Gasteiger charge is -2.14. The molecular weight excluding hydrogens is 280 g/mol. The van der Waals surface area contributed by atoms with Gasteiger partial charge in [0.2, 0.25) is 0 Å². The number of imidazole rings is 1. The van der Waals surface area contributed by atoms with E-state index >= 15 is 0 Å². The molecule has 106 valence electrons. The van der Waals surface area contributed by atoms with E-state index in [1.165, 1.54) is 12.1 Å². The van der Waals surface area contributed by atoms with Gasteiger partial charge in [0.15, 0.2) is 0 Å². The van der Waals surface area contributed by atoms with Crippen molar-refractivity contribution in [2.24, 2.45) is 0 Å². The first kappa shape index (κ1) is 14.5. The number of rotatable bonds is 6. The maximum atomic E-state index is 11.0. The number of nitro groups is 1. The zero-order chi connectivity index (χ0) is 14.5. The molecule has 1 atom stereocenters. The smallest absolute Gasteiger partial charge is 0.273 e. The summed E-state index contributed by atoms with van der Waals surface area (Å²) in [6.07, 6.45) is 5.33. The first-order valence-electron chi connectivity index (χ1n) is 6.18. The van der Waals surface area contributed by atoms with Gasteiger partial charge in [-0.15, -0.1) is 0 Å². The van der Waals surface area contributed by atoms with Crippen LogP contribution in [0.3, 0.4) is 0 Å². The molecule has 1 N–H and O–H groups in total. The Morgan fingerprint density at radius 2 is 2.35 bits per heavy atom. The van der Waals surface area contributed by atoms with Gasteiger partial charge in [0.05, 0.1) is 11.3 Å². The van der Waals surface area contributed by atoms with E-state index < -0.39 is 4.92 Å². The molecule has 20 heavy (non-hydrogen) atoms. The molecule has 0 aliphatic carbocycles. The fourth-order valence-electron chi connectivity index (χ4n) is 1.93. The number of hydrogen-bond acceptors (Lipinski definition) is 4. The van der Waals surface area contributed by atoms with Crippen LogP contribution in [0.4, 0.5) is 5.69 Å². The van der Waals surface area contributed by atoms with E-state index in [0.717, 1.165) is 6.54 Å². The molecule has 1 aromatic carbocycles. The molecule has 0 fully saturated rings. The first-order valence-corrected chi connectivity index (χ1v) is 6.56. The second kappa shape index (κ2) is 6.49. The fourth-order valence-corrected chi connectivity index (χ4v) is 2.13. The first-order chi connectivity index (χ1) is 9.56. The van der Waals surface area contributed by atoms with Gasteiger partial charge >= 0.3 is 0 Å². The minimum atomic E-state index is -0.395. The second-order valence-electron chi connectivity index (χ2n) is 4.57. The minimum absolute atomic E-state index is 0.0803. The fraction of sp³-hybridized carbons (Fsp3) is 0.308. The monoisotopic (exact) mass is 294 g/mol. The lowest BCUT2D eigenvalue weighted by atomic mass is 10.1. The highest BCUT2D eigenvalue weighted by Gasteiger charge is 2.14. The Labute approximate surface area is 121 Å². The summed E-state index contributed by atoms with van der Waals surface area (Å²) in [5.41, 5.74) is 0.664. The zero-order valence-electron chi connectivity index (χ0n) is 11.0. The van der Waals surface area contributed by atoms with Crippen LogP contribution in [0.2, 0.25) is 5.02 Å². The third kappa shape index (κ3) is 3.79. The summed E-state index contributed by atoms with van der Waals surface area (Å²) in [6.45, 7) is 3.15. The third-order valence-electron chi connectivity index (χ3n) is 2.92. The molecule has 1 aromatic heterocycles. The Morgan fingerprint density at radius 3 is 3.00 bits per heavy atom. The molecule has 1 heterocycles. The lowest BCUT2D eigenvalue weighted by Crippen LogP contribution is -2.29. The van der Waals surface area contributed by atoms with Crippen LogP contribution in [0.1, 0.15) is 12.5 Å². The molecule has 0 amide bonds. The van der Waals surface area contributed by atoms with Crippen molar-refractivity contribution >= 4 is 17.3 Å². The van der Waals surface area contributed by atoms with Crippen molar-refractivity contribution in [1.29, 1.82) is 0 Å². The molecule has 7 heteroatoms. The lowest BCUT2D eigenvalue weighted by molar-refractivity contribution is -0.385. The van der Waals surface area contributed by atoms with Gasteiger partial charge in [-0.25, -0.2) is 4.98 Å². The van der Waals surface area contributed by atoms with Crippen molar-refractivity contribution in [3.05, 3.63) is 57.6 Å². The molecule has 2 rings (SSSR count). The van der Waals surface area contributed by atoms with Crippen LogP contribution in [0.25, 0.3) is 0 Å². The number of nitro benzene ring substituents is 1. The van der Waals surface area contributed by atoms with Crippen LogP contribution in [0.15, 0.2) is 36.9 Å². The van der Waals surface area contributed by atoms with Crippen molar-refractivity contribution in [2.45, 2.75) is 26.1 Å². The van der Waals surface area contributed by atoms with Gasteiger partial charge in [-0.1, -0.05) is 11.6 Å². The van der Waals surface area contributed by atoms with Crippen LogP contribution >= 0.6 is 11.6 Å². The predicted molar refractivity (Wildman–Crippen MR) is 76.6 cm³/mol. The summed E-state index contributed by atoms with van der Waals surface area (Å²) >= 11 is 5.89. The normalized spacial score (nSPS) is 12.3. The molecule has 1 unspecified atom stereocenters. The summed E-state index contributed by atoms with van der Waals surface area (Å²) in [6, 6.07) is 4.73. The van der Waals surface area contributed by atoms with E-state index in [-0.39, 0.29) is 11.7 Å². The van der Waals surface area contributed by atoms with E-state index in [2.05, 4.69) is 10.3 Å². The van der Waals surface area contributed by atoms with Gasteiger partial charge in [0, 0.05) is 48.2 Å². The Balaban J connectivity index is 1.99. The molecule has 0 spiro atoms. The Kier molecular flexibility index (Phi) is 4.70. The van der Waals surface area contributed by atoms with Gasteiger partial charge < -0.3 is 9.88 Å². The average molecular weight is 295 g/mol. The summed E-state index contributed by atoms with van der Waals surface area (Å²) in [5, 5.41) is 14.7. The standard InChI is InChI=1S/C13H15ClN4O2/c1-10(8-17-5-4-15-9-17)16-7-11-6-12(14)2-3-13(11)18(19)20/h2-6,9-10,16H,7-8H2,1H3. The molecule has 0 saturated carbocycles. The number of benzene rings is 1. The molecule has 0 aliphatic rings. The summed E-state index contributed by atoms with van der Waals surface area (Å²) in [7, 11) is 0. The topological polar surface area (TPSA) is 73.0 Å². The quantitative estimate of drug-likeness (QED) is 0.656. The Bertz CT molecular complexity index is 586. The van der Waals surface area contributed by atoms with Gasteiger partial charge in [-0.2, -0.15) is 0 Å². The van der Waals surface area contributed by atoms with Crippen LogP contribution in [0, 0.1) is 10.1 Å². The number of nitrogens with one attached hydrogen (secondary N) is 1. The number of hydrogen-bond donors (Lipinski definition) is 1. The number of halogens is 1. The van der Waals surface area contributed by atoms with Gasteiger partial charge in [0.25, 0.3) is 5.69 Å². The number of nitrogens with zero attached hydrogens (tertiary/aromatic N) is 3. The van der Waals surface area contributed by atoms with Crippen LogP contribution in [0.5, 0.6) is 0 Å². The minimum Gasteiger partial charge on any atom is -0.336 e. The molecule has 6 nitrogen and oxygen atoms in total. The Hall–Kier alpha value is -1.92. The predicted octanol–water partition coefficient (Wildman–Crippen LogP) is 2.62. The third-order valence-corrected chi connectivity index (χ3v) is 3.16. The largest absolute Gasteiger partial charge is 0.336 e. The van der Waals surface area contributed by atoms with E-state index in [0.29, 0.717) is 17.1 Å². The van der Waals surface area contributed by atoms with Crippen LogP contribution in [-0.2, 0) is 13.1 Å². The average Bonchev–Trinajstić information content (AvgIpc) is 2.89. The van der Waals surface area contributed by atoms with E-state index in [1.54, 1.807) is 18.6 Å². The van der Waals surface area contributed by atoms with Crippen molar-refractivity contribution in [3.63, 3.8) is 0 Å². The second-order valence-corrected chi connectivity index (χ2v) is 5.01. The summed E-state index contributed by atoms with van der Waals surface area (Å²) in [4.78, 5) is 14.5. The van der Waals surface area contributed by atoms with Gasteiger partial charge in [0.1, 0.15) is 0 Å². The van der Waals surface area contributed by atoms with Crippen LogP contribution < -0.4 is 5.32 Å². The highest BCUT2D eigenvalue weighted by molar-refractivity contribution is 6.30. The van der Waals surface area contributed by atoms with Crippen molar-refractivity contribution < 1.29 is 4.92 Å². The van der Waals surface area contributed by atoms with Gasteiger partial charge in [-0.3, -0.25) is 10.1 Å². The van der Waals surface area contributed by atoms with E-state index in [4.69, 9.17) is 11.6 Å². The van der Waals surface area contributed by atoms with Crippen molar-refractivity contribution in [3.8, 4) is 0 Å². The summed E-state index contributed by atoms with van der Waals surface area (Å²) < 4.78 is 1.95. The Morgan fingerprint density at radius 1 is 1.55 bits per heavy atom. The molecule has 0 aliphatic heterocycles. The molecule has 2 aromatic rings. The maximum absolute atomic E-state index is 11.0. The molecule has 0 bridgehead atoms. The highest BCUT2D eigenvalue weighted by atomic mass is 35.5. The maximum Gasteiger partial charge on any atom is 0.273 e. The number of aromatic nitrogens is 2. The van der Waals surface area contributed by atoms with E-state index in [1.807, 2.05) is 17.7 Å². The zero-order valence-corrected chi connectivity index (χ0v) is 11.7. The molecular formula is C13H15ClN4O2.